The summed E-state index contributed by atoms with van der Waals surface area (Å²) in [5.41, 5.74) is 0.260. The molecule has 0 aliphatic carbocycles. The van der Waals surface area contributed by atoms with Gasteiger partial charge >= 0.3 is 0 Å². The molecule has 1 nitrogen and oxygen atoms in total. The third-order valence-electron chi connectivity index (χ3n) is 2.32. The van der Waals surface area contributed by atoms with Gasteiger partial charge in [0.15, 0.2) is 0 Å². The van der Waals surface area contributed by atoms with Crippen LogP contribution in [0, 0.1) is 5.41 Å². The van der Waals surface area contributed by atoms with Crippen LogP contribution in [0.3, 0.4) is 0 Å². The minimum Gasteiger partial charge on any atom is -0.427 e. The standard InChI is InChI=1S/C9H20OSi/c1-4-7-9(5-2,6-3)8-10-11/h5H,2,4,6-8H2,1,3,11H3. The van der Waals surface area contributed by atoms with Crippen LogP contribution in [0.4, 0.5) is 0 Å². The van der Waals surface area contributed by atoms with Crippen molar-refractivity contribution < 1.29 is 4.43 Å². The van der Waals surface area contributed by atoms with Gasteiger partial charge in [-0.3, -0.25) is 0 Å². The van der Waals surface area contributed by atoms with Crippen molar-refractivity contribution in [2.75, 3.05) is 6.61 Å². The van der Waals surface area contributed by atoms with Crippen LogP contribution < -0.4 is 0 Å². The predicted molar refractivity (Wildman–Crippen MR) is 53.7 cm³/mol. The molecule has 66 valence electrons. The van der Waals surface area contributed by atoms with Crippen LogP contribution in [-0.2, 0) is 4.43 Å². The third-order valence-corrected chi connectivity index (χ3v) is 2.61. The summed E-state index contributed by atoms with van der Waals surface area (Å²) >= 11 is 0. The van der Waals surface area contributed by atoms with Crippen molar-refractivity contribution in [3.63, 3.8) is 0 Å². The molecular weight excluding hydrogens is 152 g/mol. The summed E-state index contributed by atoms with van der Waals surface area (Å²) in [5, 5.41) is 0. The molecule has 0 saturated carbocycles. The number of hydrogen-bond acceptors (Lipinski definition) is 1. The van der Waals surface area contributed by atoms with E-state index in [4.69, 9.17) is 4.43 Å². The summed E-state index contributed by atoms with van der Waals surface area (Å²) in [6.07, 6.45) is 5.63. The summed E-state index contributed by atoms with van der Waals surface area (Å²) in [4.78, 5) is 0. The number of hydrogen-bond donors (Lipinski definition) is 0. The molecule has 0 aliphatic heterocycles. The van der Waals surface area contributed by atoms with Gasteiger partial charge in [-0.2, -0.15) is 0 Å². The van der Waals surface area contributed by atoms with Crippen LogP contribution >= 0.6 is 0 Å². The molecule has 0 spiro atoms. The van der Waals surface area contributed by atoms with E-state index in [0.29, 0.717) is 0 Å². The van der Waals surface area contributed by atoms with Crippen LogP contribution in [0.2, 0.25) is 0 Å². The van der Waals surface area contributed by atoms with Crippen molar-refractivity contribution in [3.05, 3.63) is 12.7 Å². The maximum atomic E-state index is 5.31. The van der Waals surface area contributed by atoms with Gasteiger partial charge < -0.3 is 4.43 Å². The molecule has 0 bridgehead atoms. The molecule has 0 aromatic rings. The summed E-state index contributed by atoms with van der Waals surface area (Å²) < 4.78 is 5.31. The van der Waals surface area contributed by atoms with Gasteiger partial charge in [-0.15, -0.1) is 6.58 Å². The second-order valence-corrected chi connectivity index (χ2v) is 3.68. The molecule has 1 atom stereocenters. The molecule has 0 fully saturated rings. The topological polar surface area (TPSA) is 9.23 Å². The maximum Gasteiger partial charge on any atom is 0.146 e. The van der Waals surface area contributed by atoms with Gasteiger partial charge in [-0.25, -0.2) is 0 Å². The second-order valence-electron chi connectivity index (χ2n) is 3.10. The van der Waals surface area contributed by atoms with E-state index in [0.717, 1.165) is 23.5 Å². The molecule has 0 aliphatic rings. The Kier molecular flexibility index (Phi) is 5.51. The highest BCUT2D eigenvalue weighted by Crippen LogP contribution is 2.29. The van der Waals surface area contributed by atoms with Gasteiger partial charge in [-0.05, 0) is 12.8 Å². The van der Waals surface area contributed by atoms with Gasteiger partial charge in [0.05, 0.1) is 0 Å². The smallest absolute Gasteiger partial charge is 0.146 e. The van der Waals surface area contributed by atoms with E-state index in [9.17, 15) is 0 Å². The van der Waals surface area contributed by atoms with Crippen molar-refractivity contribution in [3.8, 4) is 0 Å². The average Bonchev–Trinajstić information content (AvgIpc) is 2.04. The first-order chi connectivity index (χ1) is 5.24. The first-order valence-corrected chi connectivity index (χ1v) is 5.19. The molecule has 0 aromatic carbocycles. The van der Waals surface area contributed by atoms with Crippen LogP contribution in [-0.4, -0.2) is 17.1 Å². The van der Waals surface area contributed by atoms with E-state index < -0.39 is 0 Å². The van der Waals surface area contributed by atoms with Crippen LogP contribution in [0.5, 0.6) is 0 Å². The highest BCUT2D eigenvalue weighted by Gasteiger charge is 2.22. The zero-order chi connectivity index (χ0) is 8.74. The molecule has 0 amide bonds. The third kappa shape index (κ3) is 3.21. The predicted octanol–water partition coefficient (Wildman–Crippen LogP) is 1.67. The summed E-state index contributed by atoms with van der Waals surface area (Å²) in [6.45, 7) is 9.16. The van der Waals surface area contributed by atoms with E-state index >= 15 is 0 Å². The van der Waals surface area contributed by atoms with E-state index in [1.165, 1.54) is 12.8 Å². The van der Waals surface area contributed by atoms with Gasteiger partial charge in [0.25, 0.3) is 0 Å². The molecule has 0 rings (SSSR count). The summed E-state index contributed by atoms with van der Waals surface area (Å²) in [6, 6.07) is 0. The fraction of sp³-hybridized carbons (Fsp3) is 0.778. The quantitative estimate of drug-likeness (QED) is 0.437. The lowest BCUT2D eigenvalue weighted by Crippen LogP contribution is -2.22. The van der Waals surface area contributed by atoms with Crippen LogP contribution in [0.1, 0.15) is 33.1 Å². The highest BCUT2D eigenvalue weighted by atomic mass is 28.2. The molecule has 0 radical (unpaired) electrons. The Balaban J connectivity index is 4.07. The van der Waals surface area contributed by atoms with E-state index in [1.54, 1.807) is 0 Å². The molecule has 0 N–H and O–H groups in total. The Hall–Kier alpha value is -0.0831. The normalized spacial score (nSPS) is 16.2. The van der Waals surface area contributed by atoms with Crippen LogP contribution in [0.15, 0.2) is 12.7 Å². The molecule has 0 saturated heterocycles. The SMILES string of the molecule is C=CC(CC)(CCC)CO[SiH3]. The largest absolute Gasteiger partial charge is 0.427 e. The minimum atomic E-state index is 0.260. The zero-order valence-electron chi connectivity index (χ0n) is 8.02. The summed E-state index contributed by atoms with van der Waals surface area (Å²) in [7, 11) is 0.838. The van der Waals surface area contributed by atoms with Gasteiger partial charge in [-0.1, -0.05) is 26.3 Å². The minimum absolute atomic E-state index is 0.260. The van der Waals surface area contributed by atoms with Gasteiger partial charge in [0, 0.05) is 12.0 Å². The molecular formula is C9H20OSi. The number of rotatable bonds is 6. The Morgan fingerprint density at radius 1 is 1.55 bits per heavy atom. The fourth-order valence-electron chi connectivity index (χ4n) is 1.44. The van der Waals surface area contributed by atoms with Crippen molar-refractivity contribution in [1.82, 2.24) is 0 Å². The molecule has 0 aromatic heterocycles. The van der Waals surface area contributed by atoms with Gasteiger partial charge in [0.1, 0.15) is 10.5 Å². The van der Waals surface area contributed by atoms with E-state index in [2.05, 4.69) is 26.5 Å². The first-order valence-electron chi connectivity index (χ1n) is 4.37. The van der Waals surface area contributed by atoms with Crippen molar-refractivity contribution in [1.29, 1.82) is 0 Å². The van der Waals surface area contributed by atoms with Crippen molar-refractivity contribution in [2.24, 2.45) is 5.41 Å². The first kappa shape index (κ1) is 10.9. The molecule has 2 heteroatoms. The lowest BCUT2D eigenvalue weighted by Gasteiger charge is -2.28. The average molecular weight is 172 g/mol. The van der Waals surface area contributed by atoms with Gasteiger partial charge in [0.2, 0.25) is 0 Å². The maximum absolute atomic E-state index is 5.31. The lowest BCUT2D eigenvalue weighted by atomic mass is 9.82. The van der Waals surface area contributed by atoms with E-state index in [-0.39, 0.29) is 5.41 Å². The molecule has 11 heavy (non-hydrogen) atoms. The zero-order valence-corrected chi connectivity index (χ0v) is 10.0. The monoisotopic (exact) mass is 172 g/mol. The highest BCUT2D eigenvalue weighted by molar-refractivity contribution is 5.97. The lowest BCUT2D eigenvalue weighted by molar-refractivity contribution is 0.185. The van der Waals surface area contributed by atoms with Crippen LogP contribution in [0.25, 0.3) is 0 Å². The molecule has 0 heterocycles. The van der Waals surface area contributed by atoms with Crippen molar-refractivity contribution >= 4 is 10.5 Å². The van der Waals surface area contributed by atoms with E-state index in [1.807, 2.05) is 0 Å². The summed E-state index contributed by atoms with van der Waals surface area (Å²) in [5.74, 6) is 0. The Bertz CT molecular complexity index is 106. The van der Waals surface area contributed by atoms with Crippen molar-refractivity contribution in [2.45, 2.75) is 33.1 Å². The second kappa shape index (κ2) is 5.55. The Labute approximate surface area is 73.4 Å². The Morgan fingerprint density at radius 2 is 2.18 bits per heavy atom. The fourth-order valence-corrected chi connectivity index (χ4v) is 2.02. The Morgan fingerprint density at radius 3 is 2.45 bits per heavy atom. The molecule has 1 unspecified atom stereocenters.